The van der Waals surface area contributed by atoms with Crippen LogP contribution in [0.1, 0.15) is 10.4 Å². The van der Waals surface area contributed by atoms with Crippen molar-refractivity contribution in [1.29, 1.82) is 0 Å². The molecular weight excluding hydrogens is 204 g/mol. The number of hydrogen-bond donors (Lipinski definition) is 3. The van der Waals surface area contributed by atoms with Crippen LogP contribution >= 0.6 is 0 Å². The Morgan fingerprint density at radius 2 is 2.12 bits per heavy atom. The summed E-state index contributed by atoms with van der Waals surface area (Å²) < 4.78 is 0. The molecule has 0 heterocycles. The second-order valence-corrected chi connectivity index (χ2v) is 3.90. The Kier molecular flexibility index (Phi) is 4.13. The summed E-state index contributed by atoms with van der Waals surface area (Å²) in [4.78, 5) is 13.2. The van der Waals surface area contributed by atoms with Crippen molar-refractivity contribution in [2.45, 2.75) is 0 Å². The third-order valence-electron chi connectivity index (χ3n) is 2.18. The van der Waals surface area contributed by atoms with Crippen LogP contribution in [0.5, 0.6) is 0 Å². The van der Waals surface area contributed by atoms with E-state index in [1.807, 2.05) is 19.0 Å². The average Bonchev–Trinajstić information content (AvgIpc) is 2.16. The molecule has 0 radical (unpaired) electrons. The number of carbonyl (C=O) groups is 1. The van der Waals surface area contributed by atoms with Gasteiger partial charge in [-0.25, -0.2) is 0 Å². The summed E-state index contributed by atoms with van der Waals surface area (Å²) in [5.74, 6) is -0.452. The number of benzene rings is 1. The van der Waals surface area contributed by atoms with Crippen molar-refractivity contribution in [3.63, 3.8) is 0 Å². The Balaban J connectivity index is 2.76. The molecule has 1 aromatic rings. The van der Waals surface area contributed by atoms with Crippen LogP contribution in [0.2, 0.25) is 0 Å². The van der Waals surface area contributed by atoms with E-state index in [2.05, 4.69) is 5.32 Å². The van der Waals surface area contributed by atoms with Gasteiger partial charge in [-0.3, -0.25) is 4.79 Å². The Bertz CT molecular complexity index is 376. The molecular formula is C11H18N4O. The summed E-state index contributed by atoms with van der Waals surface area (Å²) in [7, 11) is 3.96. The van der Waals surface area contributed by atoms with E-state index in [4.69, 9.17) is 11.5 Å². The van der Waals surface area contributed by atoms with E-state index >= 15 is 0 Å². The van der Waals surface area contributed by atoms with E-state index in [0.717, 1.165) is 13.1 Å². The SMILES string of the molecule is CN(C)CCNc1cc(N)ccc1C(N)=O. The maximum absolute atomic E-state index is 11.2. The van der Waals surface area contributed by atoms with E-state index in [0.29, 0.717) is 16.9 Å². The monoisotopic (exact) mass is 222 g/mol. The zero-order valence-electron chi connectivity index (χ0n) is 9.66. The molecule has 0 unspecified atom stereocenters. The summed E-state index contributed by atoms with van der Waals surface area (Å²) >= 11 is 0. The first-order valence-corrected chi connectivity index (χ1v) is 5.08. The Morgan fingerprint density at radius 3 is 2.69 bits per heavy atom. The first-order valence-electron chi connectivity index (χ1n) is 5.08. The number of rotatable bonds is 5. The van der Waals surface area contributed by atoms with Gasteiger partial charge in [0.1, 0.15) is 0 Å². The minimum atomic E-state index is -0.452. The molecule has 0 aliphatic heterocycles. The van der Waals surface area contributed by atoms with Gasteiger partial charge in [0, 0.05) is 24.5 Å². The smallest absolute Gasteiger partial charge is 0.250 e. The first kappa shape index (κ1) is 12.3. The van der Waals surface area contributed by atoms with Crippen LogP contribution in [0.25, 0.3) is 0 Å². The zero-order valence-corrected chi connectivity index (χ0v) is 9.66. The second kappa shape index (κ2) is 5.37. The second-order valence-electron chi connectivity index (χ2n) is 3.90. The lowest BCUT2D eigenvalue weighted by Crippen LogP contribution is -2.22. The number of nitrogens with zero attached hydrogens (tertiary/aromatic N) is 1. The van der Waals surface area contributed by atoms with Gasteiger partial charge in [0.25, 0.3) is 5.91 Å². The van der Waals surface area contributed by atoms with Crippen molar-refractivity contribution >= 4 is 17.3 Å². The quantitative estimate of drug-likeness (QED) is 0.627. The van der Waals surface area contributed by atoms with Gasteiger partial charge in [-0.1, -0.05) is 0 Å². The normalized spacial score (nSPS) is 10.4. The van der Waals surface area contributed by atoms with Gasteiger partial charge in [0.15, 0.2) is 0 Å². The van der Waals surface area contributed by atoms with Gasteiger partial charge in [-0.15, -0.1) is 0 Å². The predicted octanol–water partition coefficient (Wildman–Crippen LogP) is 0.341. The molecule has 1 amide bonds. The van der Waals surface area contributed by atoms with E-state index in [1.165, 1.54) is 0 Å². The third-order valence-corrected chi connectivity index (χ3v) is 2.18. The highest BCUT2D eigenvalue weighted by Gasteiger charge is 2.07. The minimum absolute atomic E-state index is 0.452. The van der Waals surface area contributed by atoms with Crippen molar-refractivity contribution in [3.8, 4) is 0 Å². The van der Waals surface area contributed by atoms with E-state index in [9.17, 15) is 4.79 Å². The molecule has 0 saturated heterocycles. The molecule has 1 aromatic carbocycles. The van der Waals surface area contributed by atoms with Crippen LogP contribution in [0.15, 0.2) is 18.2 Å². The van der Waals surface area contributed by atoms with Gasteiger partial charge in [0.2, 0.25) is 0 Å². The van der Waals surface area contributed by atoms with E-state index in [-0.39, 0.29) is 0 Å². The van der Waals surface area contributed by atoms with Crippen LogP contribution in [0, 0.1) is 0 Å². The number of likely N-dealkylation sites (N-methyl/N-ethyl adjacent to an activating group) is 1. The molecule has 5 N–H and O–H groups in total. The van der Waals surface area contributed by atoms with Crippen LogP contribution in [0.3, 0.4) is 0 Å². The van der Waals surface area contributed by atoms with E-state index < -0.39 is 5.91 Å². The fourth-order valence-corrected chi connectivity index (χ4v) is 1.34. The first-order chi connectivity index (χ1) is 7.50. The maximum atomic E-state index is 11.2. The number of anilines is 2. The van der Waals surface area contributed by atoms with Gasteiger partial charge in [-0.2, -0.15) is 0 Å². The maximum Gasteiger partial charge on any atom is 0.250 e. The standard InChI is InChI=1S/C11H18N4O/c1-15(2)6-5-14-10-7-8(12)3-4-9(10)11(13)16/h3-4,7,14H,5-6,12H2,1-2H3,(H2,13,16). The van der Waals surface area contributed by atoms with Crippen LogP contribution < -0.4 is 16.8 Å². The van der Waals surface area contributed by atoms with Gasteiger partial charge in [0.05, 0.1) is 5.56 Å². The summed E-state index contributed by atoms with van der Waals surface area (Å²) in [6.07, 6.45) is 0. The summed E-state index contributed by atoms with van der Waals surface area (Å²) in [5, 5.41) is 3.14. The molecule has 0 fully saturated rings. The number of hydrogen-bond acceptors (Lipinski definition) is 4. The molecule has 0 aliphatic rings. The Hall–Kier alpha value is -1.75. The molecule has 5 nitrogen and oxygen atoms in total. The van der Waals surface area contributed by atoms with Crippen LogP contribution in [-0.4, -0.2) is 38.0 Å². The lowest BCUT2D eigenvalue weighted by Gasteiger charge is -2.13. The van der Waals surface area contributed by atoms with Crippen molar-refractivity contribution in [2.75, 3.05) is 38.2 Å². The highest BCUT2D eigenvalue weighted by molar-refractivity contribution is 5.99. The van der Waals surface area contributed by atoms with Crippen molar-refractivity contribution in [2.24, 2.45) is 5.73 Å². The summed E-state index contributed by atoms with van der Waals surface area (Å²) in [5.41, 5.74) is 12.7. The molecule has 0 saturated carbocycles. The van der Waals surface area contributed by atoms with Gasteiger partial charge < -0.3 is 21.7 Å². The fourth-order valence-electron chi connectivity index (χ4n) is 1.34. The average molecular weight is 222 g/mol. The van der Waals surface area contributed by atoms with Gasteiger partial charge in [-0.05, 0) is 32.3 Å². The van der Waals surface area contributed by atoms with Crippen molar-refractivity contribution < 1.29 is 4.79 Å². The summed E-state index contributed by atoms with van der Waals surface area (Å²) in [6, 6.07) is 5.02. The Labute approximate surface area is 95.4 Å². The number of nitrogen functional groups attached to an aromatic ring is 1. The number of primary amides is 1. The minimum Gasteiger partial charge on any atom is -0.399 e. The number of amides is 1. The number of nitrogens with two attached hydrogens (primary N) is 2. The molecule has 0 atom stereocenters. The molecule has 0 aromatic heterocycles. The molecule has 0 spiro atoms. The largest absolute Gasteiger partial charge is 0.399 e. The number of carbonyl (C=O) groups excluding carboxylic acids is 1. The topological polar surface area (TPSA) is 84.4 Å². The summed E-state index contributed by atoms with van der Waals surface area (Å²) in [6.45, 7) is 1.60. The highest BCUT2D eigenvalue weighted by atomic mass is 16.1. The van der Waals surface area contributed by atoms with E-state index in [1.54, 1.807) is 18.2 Å². The number of nitrogens with one attached hydrogen (secondary N) is 1. The lowest BCUT2D eigenvalue weighted by atomic mass is 10.1. The van der Waals surface area contributed by atoms with Crippen LogP contribution in [0.4, 0.5) is 11.4 Å². The van der Waals surface area contributed by atoms with Crippen molar-refractivity contribution in [1.82, 2.24) is 4.90 Å². The molecule has 0 bridgehead atoms. The molecule has 16 heavy (non-hydrogen) atoms. The zero-order chi connectivity index (χ0) is 12.1. The van der Waals surface area contributed by atoms with Crippen molar-refractivity contribution in [3.05, 3.63) is 23.8 Å². The lowest BCUT2D eigenvalue weighted by molar-refractivity contribution is 0.100. The molecule has 88 valence electrons. The predicted molar refractivity (Wildman–Crippen MR) is 66.4 cm³/mol. The Morgan fingerprint density at radius 1 is 1.44 bits per heavy atom. The van der Waals surface area contributed by atoms with Crippen LogP contribution in [-0.2, 0) is 0 Å². The molecule has 5 heteroatoms. The fraction of sp³-hybridized carbons (Fsp3) is 0.364. The highest BCUT2D eigenvalue weighted by Crippen LogP contribution is 2.18. The molecule has 1 rings (SSSR count). The van der Waals surface area contributed by atoms with Gasteiger partial charge >= 0.3 is 0 Å². The molecule has 0 aliphatic carbocycles. The third kappa shape index (κ3) is 3.43.